The van der Waals surface area contributed by atoms with Crippen molar-refractivity contribution in [2.75, 3.05) is 11.9 Å². The van der Waals surface area contributed by atoms with E-state index in [-0.39, 0.29) is 41.0 Å². The molecule has 0 fully saturated rings. The zero-order chi connectivity index (χ0) is 33.7. The van der Waals surface area contributed by atoms with Gasteiger partial charge in [0.05, 0.1) is 6.04 Å². The second-order valence-corrected chi connectivity index (χ2v) is 15.3. The standard InChI is InChI=1S/C40H43ClN2O4/c1-24-15-16-28(18-30(24)41)42-35(46)23-47-29-14-10-13-27(17-29)36-37-31(19-39(3,4)21-33(37)44)43(25(2)26-11-8-7-9-12-26)32-20-40(5,6)22-34(45)38(32)36/h7-18,25,36H,19-23H2,1-6H3,(H,42,46)/t25-/m0/s1. The molecule has 0 radical (unpaired) electrons. The largest absolute Gasteiger partial charge is 0.484 e. The van der Waals surface area contributed by atoms with Crippen molar-refractivity contribution in [3.63, 3.8) is 0 Å². The minimum absolute atomic E-state index is 0.0628. The molecule has 3 aliphatic rings. The molecule has 1 heterocycles. The highest BCUT2D eigenvalue weighted by Gasteiger charge is 2.50. The maximum atomic E-state index is 14.2. The predicted molar refractivity (Wildman–Crippen MR) is 186 cm³/mol. The number of nitrogens with one attached hydrogen (secondary N) is 1. The summed E-state index contributed by atoms with van der Waals surface area (Å²) in [5, 5.41) is 3.40. The Kier molecular flexibility index (Phi) is 8.69. The number of carbonyl (C=O) groups excluding carboxylic acids is 3. The number of allylic oxidation sites excluding steroid dienone is 4. The molecule has 0 saturated carbocycles. The minimum atomic E-state index is -0.501. The van der Waals surface area contributed by atoms with Crippen LogP contribution in [-0.4, -0.2) is 29.0 Å². The lowest BCUT2D eigenvalue weighted by atomic mass is 9.63. The third-order valence-electron chi connectivity index (χ3n) is 9.64. The summed E-state index contributed by atoms with van der Waals surface area (Å²) in [5.41, 5.74) is 6.49. The summed E-state index contributed by atoms with van der Waals surface area (Å²) >= 11 is 6.23. The normalized spacial score (nSPS) is 19.7. The number of Topliss-reactive ketones (excluding diaryl/α,β-unsaturated/α-hetero) is 2. The lowest BCUT2D eigenvalue weighted by Crippen LogP contribution is -2.45. The molecule has 3 aromatic rings. The number of benzene rings is 3. The van der Waals surface area contributed by atoms with Crippen LogP contribution in [0.5, 0.6) is 5.75 Å². The van der Waals surface area contributed by atoms with E-state index >= 15 is 0 Å². The van der Waals surface area contributed by atoms with Crippen molar-refractivity contribution >= 4 is 34.8 Å². The summed E-state index contributed by atoms with van der Waals surface area (Å²) < 4.78 is 5.98. The first-order valence-electron chi connectivity index (χ1n) is 16.4. The Morgan fingerprint density at radius 3 is 2.09 bits per heavy atom. The fourth-order valence-electron chi connectivity index (χ4n) is 7.48. The average Bonchev–Trinajstić information content (AvgIpc) is 3.00. The Balaban J connectivity index is 1.40. The molecule has 47 heavy (non-hydrogen) atoms. The second-order valence-electron chi connectivity index (χ2n) is 14.9. The molecule has 0 bridgehead atoms. The third-order valence-corrected chi connectivity index (χ3v) is 10.0. The van der Waals surface area contributed by atoms with Gasteiger partial charge in [0.25, 0.3) is 5.91 Å². The summed E-state index contributed by atoms with van der Waals surface area (Å²) in [6.45, 7) is 12.5. The molecule has 6 rings (SSSR count). The van der Waals surface area contributed by atoms with Gasteiger partial charge >= 0.3 is 0 Å². The van der Waals surface area contributed by atoms with Crippen LogP contribution in [0.2, 0.25) is 5.02 Å². The summed E-state index contributed by atoms with van der Waals surface area (Å²) in [4.78, 5) is 43.6. The number of amides is 1. The lowest BCUT2D eigenvalue weighted by Gasteiger charge is -2.51. The monoisotopic (exact) mass is 650 g/mol. The molecule has 3 aromatic carbocycles. The van der Waals surface area contributed by atoms with Crippen LogP contribution in [0.1, 0.15) is 89.0 Å². The van der Waals surface area contributed by atoms with Crippen LogP contribution in [0.25, 0.3) is 0 Å². The van der Waals surface area contributed by atoms with E-state index in [4.69, 9.17) is 16.3 Å². The van der Waals surface area contributed by atoms with Gasteiger partial charge in [-0.15, -0.1) is 0 Å². The fraction of sp³-hybridized carbons (Fsp3) is 0.375. The molecule has 0 aromatic heterocycles. The zero-order valence-electron chi connectivity index (χ0n) is 28.1. The Hall–Kier alpha value is -4.16. The number of hydrogen-bond acceptors (Lipinski definition) is 5. The van der Waals surface area contributed by atoms with E-state index in [1.807, 2.05) is 49.4 Å². The van der Waals surface area contributed by atoms with Gasteiger partial charge in [0.1, 0.15) is 5.75 Å². The quantitative estimate of drug-likeness (QED) is 0.276. The van der Waals surface area contributed by atoms with Crippen molar-refractivity contribution in [2.24, 2.45) is 10.8 Å². The average molecular weight is 651 g/mol. The number of anilines is 1. The maximum Gasteiger partial charge on any atom is 0.262 e. The summed E-state index contributed by atoms with van der Waals surface area (Å²) in [5.74, 6) is -0.158. The number of ketones is 2. The van der Waals surface area contributed by atoms with E-state index < -0.39 is 5.92 Å². The molecule has 244 valence electrons. The highest BCUT2D eigenvalue weighted by Crippen LogP contribution is 2.56. The first-order valence-corrected chi connectivity index (χ1v) is 16.8. The summed E-state index contributed by atoms with van der Waals surface area (Å²) in [6, 6.07) is 23.1. The number of rotatable bonds is 7. The fourth-order valence-corrected chi connectivity index (χ4v) is 7.66. The first-order chi connectivity index (χ1) is 22.2. The van der Waals surface area contributed by atoms with Crippen LogP contribution in [0.15, 0.2) is 95.3 Å². The third kappa shape index (κ3) is 6.66. The molecule has 1 amide bonds. The number of halogens is 1. The van der Waals surface area contributed by atoms with Crippen LogP contribution in [0.4, 0.5) is 5.69 Å². The molecule has 0 unspecified atom stereocenters. The number of nitrogens with zero attached hydrogens (tertiary/aromatic N) is 1. The van der Waals surface area contributed by atoms with E-state index in [1.54, 1.807) is 18.2 Å². The molecule has 1 atom stereocenters. The minimum Gasteiger partial charge on any atom is -0.484 e. The van der Waals surface area contributed by atoms with Crippen LogP contribution >= 0.6 is 11.6 Å². The van der Waals surface area contributed by atoms with Gasteiger partial charge in [-0.25, -0.2) is 0 Å². The van der Waals surface area contributed by atoms with Gasteiger partial charge in [0, 0.05) is 52.0 Å². The van der Waals surface area contributed by atoms with Crippen molar-refractivity contribution < 1.29 is 19.1 Å². The van der Waals surface area contributed by atoms with Crippen molar-refractivity contribution in [3.8, 4) is 5.75 Å². The van der Waals surface area contributed by atoms with Gasteiger partial charge in [-0.3, -0.25) is 14.4 Å². The van der Waals surface area contributed by atoms with Crippen molar-refractivity contribution in [3.05, 3.63) is 117 Å². The Bertz CT molecular complexity index is 1770. The second kappa shape index (κ2) is 12.5. The summed E-state index contributed by atoms with van der Waals surface area (Å²) in [7, 11) is 0. The zero-order valence-corrected chi connectivity index (χ0v) is 28.8. The van der Waals surface area contributed by atoms with Crippen LogP contribution < -0.4 is 10.1 Å². The van der Waals surface area contributed by atoms with Crippen molar-refractivity contribution in [1.82, 2.24) is 4.90 Å². The topological polar surface area (TPSA) is 75.7 Å². The van der Waals surface area contributed by atoms with Crippen molar-refractivity contribution in [1.29, 1.82) is 0 Å². The van der Waals surface area contributed by atoms with Gasteiger partial charge in [0.15, 0.2) is 18.2 Å². The molecule has 1 aliphatic heterocycles. The van der Waals surface area contributed by atoms with Gasteiger partial charge in [-0.1, -0.05) is 87.8 Å². The maximum absolute atomic E-state index is 14.2. The molecular weight excluding hydrogens is 608 g/mol. The Morgan fingerprint density at radius 2 is 1.49 bits per heavy atom. The molecule has 6 nitrogen and oxygen atoms in total. The first kappa shape index (κ1) is 32.8. The van der Waals surface area contributed by atoms with Gasteiger partial charge in [0.2, 0.25) is 0 Å². The predicted octanol–water partition coefficient (Wildman–Crippen LogP) is 9.11. The van der Waals surface area contributed by atoms with Crippen LogP contribution in [0.3, 0.4) is 0 Å². The van der Waals surface area contributed by atoms with Crippen LogP contribution in [0, 0.1) is 17.8 Å². The Labute approximate surface area is 282 Å². The van der Waals surface area contributed by atoms with E-state index in [9.17, 15) is 14.4 Å². The molecule has 7 heteroatoms. The lowest BCUT2D eigenvalue weighted by molar-refractivity contribution is -0.120. The molecule has 1 N–H and O–H groups in total. The van der Waals surface area contributed by atoms with Gasteiger partial charge in [-0.2, -0.15) is 0 Å². The van der Waals surface area contributed by atoms with E-state index in [0.29, 0.717) is 40.4 Å². The van der Waals surface area contributed by atoms with Gasteiger partial charge in [-0.05, 0) is 78.5 Å². The van der Waals surface area contributed by atoms with Crippen molar-refractivity contribution in [2.45, 2.75) is 79.2 Å². The number of ether oxygens (including phenoxy) is 1. The molecule has 0 saturated heterocycles. The molecule has 2 aliphatic carbocycles. The number of carbonyl (C=O) groups is 3. The number of hydrogen-bond donors (Lipinski definition) is 1. The van der Waals surface area contributed by atoms with E-state index in [2.05, 4.69) is 57.0 Å². The molecule has 0 spiro atoms. The smallest absolute Gasteiger partial charge is 0.262 e. The highest BCUT2D eigenvalue weighted by atomic mass is 35.5. The Morgan fingerprint density at radius 1 is 0.872 bits per heavy atom. The highest BCUT2D eigenvalue weighted by molar-refractivity contribution is 6.31. The number of aryl methyl sites for hydroxylation is 1. The van der Waals surface area contributed by atoms with Crippen LogP contribution in [-0.2, 0) is 14.4 Å². The molecular formula is C40H43ClN2O4. The SMILES string of the molecule is Cc1ccc(NC(=O)COc2cccc(C3C4=C(CC(C)(C)CC4=O)N([C@@H](C)c4ccccc4)C4=C3C(=O)CC(C)(C)C4)c2)cc1Cl. The summed E-state index contributed by atoms with van der Waals surface area (Å²) in [6.07, 6.45) is 2.29. The van der Waals surface area contributed by atoms with E-state index in [0.717, 1.165) is 40.9 Å². The van der Waals surface area contributed by atoms with Gasteiger partial charge < -0.3 is 15.0 Å². The van der Waals surface area contributed by atoms with E-state index in [1.165, 1.54) is 0 Å².